The van der Waals surface area contributed by atoms with Crippen LogP contribution in [0.1, 0.15) is 6.92 Å². The molecule has 0 aromatic carbocycles. The molecule has 0 heterocycles. The first-order valence-electron chi connectivity index (χ1n) is 2.76. The lowest BCUT2D eigenvalue weighted by Gasteiger charge is -2.06. The summed E-state index contributed by atoms with van der Waals surface area (Å²) in [6.45, 7) is 0.630. The SMILES string of the molecule is CC(=O)O.OCC(O)C(O)S. The Morgan fingerprint density at radius 1 is 1.55 bits per heavy atom. The van der Waals surface area contributed by atoms with E-state index in [-0.39, 0.29) is 0 Å². The Kier molecular flexibility index (Phi) is 9.44. The second-order valence-electron chi connectivity index (χ2n) is 1.68. The van der Waals surface area contributed by atoms with Gasteiger partial charge in [-0.25, -0.2) is 0 Å². The first kappa shape index (κ1) is 13.3. The van der Waals surface area contributed by atoms with Gasteiger partial charge in [0, 0.05) is 6.92 Å². The fraction of sp³-hybridized carbons (Fsp3) is 0.800. The van der Waals surface area contributed by atoms with Crippen LogP contribution in [0.25, 0.3) is 0 Å². The largest absolute Gasteiger partial charge is 0.481 e. The molecule has 0 aliphatic heterocycles. The Balaban J connectivity index is 0. The Morgan fingerprint density at radius 2 is 1.82 bits per heavy atom. The summed E-state index contributed by atoms with van der Waals surface area (Å²) in [6.07, 6.45) is -1.12. The maximum Gasteiger partial charge on any atom is 0.300 e. The summed E-state index contributed by atoms with van der Waals surface area (Å²) in [7, 11) is 0. The van der Waals surface area contributed by atoms with E-state index < -0.39 is 24.1 Å². The van der Waals surface area contributed by atoms with Gasteiger partial charge in [0.15, 0.2) is 0 Å². The van der Waals surface area contributed by atoms with E-state index in [1.54, 1.807) is 0 Å². The quantitative estimate of drug-likeness (QED) is 0.271. The zero-order valence-electron chi connectivity index (χ0n) is 6.01. The minimum atomic E-state index is -1.13. The first-order valence-corrected chi connectivity index (χ1v) is 3.28. The topological polar surface area (TPSA) is 98.0 Å². The Morgan fingerprint density at radius 3 is 1.82 bits per heavy atom. The molecule has 68 valence electrons. The zero-order valence-corrected chi connectivity index (χ0v) is 6.90. The maximum absolute atomic E-state index is 9.00. The summed E-state index contributed by atoms with van der Waals surface area (Å²) in [5.41, 5.74) is -1.13. The molecule has 0 spiro atoms. The summed E-state index contributed by atoms with van der Waals surface area (Å²) in [5.74, 6) is -0.833. The minimum absolute atomic E-state index is 0.454. The third-order valence-corrected chi connectivity index (χ3v) is 0.875. The lowest BCUT2D eigenvalue weighted by Crippen LogP contribution is -2.23. The van der Waals surface area contributed by atoms with Crippen LogP contribution in [-0.4, -0.2) is 44.5 Å². The highest BCUT2D eigenvalue weighted by Crippen LogP contribution is 1.94. The molecule has 2 unspecified atom stereocenters. The van der Waals surface area contributed by atoms with Crippen molar-refractivity contribution in [2.75, 3.05) is 6.61 Å². The molecule has 5 nitrogen and oxygen atoms in total. The van der Waals surface area contributed by atoms with Gasteiger partial charge in [-0.05, 0) is 0 Å². The van der Waals surface area contributed by atoms with E-state index in [1.807, 2.05) is 0 Å². The fourth-order valence-electron chi connectivity index (χ4n) is 0.0943. The van der Waals surface area contributed by atoms with Crippen LogP contribution in [-0.2, 0) is 4.79 Å². The van der Waals surface area contributed by atoms with Crippen molar-refractivity contribution in [3.8, 4) is 0 Å². The number of carboxylic acid groups (broad SMARTS) is 1. The van der Waals surface area contributed by atoms with Gasteiger partial charge in [-0.15, -0.1) is 12.6 Å². The number of aliphatic hydroxyl groups excluding tert-OH is 3. The lowest BCUT2D eigenvalue weighted by molar-refractivity contribution is -0.134. The van der Waals surface area contributed by atoms with Crippen LogP contribution in [0.4, 0.5) is 0 Å². The number of aliphatic hydroxyl groups is 3. The molecular weight excluding hydrogens is 172 g/mol. The number of hydrogen-bond donors (Lipinski definition) is 5. The highest BCUT2D eigenvalue weighted by atomic mass is 32.1. The molecule has 0 saturated heterocycles. The molecule has 0 aromatic rings. The monoisotopic (exact) mass is 184 g/mol. The first-order chi connectivity index (χ1) is 4.91. The van der Waals surface area contributed by atoms with E-state index in [0.717, 1.165) is 6.92 Å². The van der Waals surface area contributed by atoms with Gasteiger partial charge >= 0.3 is 0 Å². The molecule has 0 saturated carbocycles. The Bertz CT molecular complexity index is 101. The van der Waals surface area contributed by atoms with Crippen LogP contribution in [0.3, 0.4) is 0 Å². The number of hydrogen-bond acceptors (Lipinski definition) is 5. The molecule has 0 aliphatic carbocycles. The molecule has 0 aliphatic rings. The second kappa shape index (κ2) is 7.80. The molecular formula is C5H12O5S. The van der Waals surface area contributed by atoms with Gasteiger partial charge in [-0.2, -0.15) is 0 Å². The van der Waals surface area contributed by atoms with Crippen LogP contribution in [0.15, 0.2) is 0 Å². The van der Waals surface area contributed by atoms with Gasteiger partial charge in [0.2, 0.25) is 0 Å². The number of rotatable bonds is 2. The number of carbonyl (C=O) groups is 1. The van der Waals surface area contributed by atoms with Crippen LogP contribution in [0, 0.1) is 0 Å². The predicted molar refractivity (Wildman–Crippen MR) is 41.4 cm³/mol. The van der Waals surface area contributed by atoms with Gasteiger partial charge in [0.25, 0.3) is 5.97 Å². The van der Waals surface area contributed by atoms with Crippen molar-refractivity contribution in [3.05, 3.63) is 0 Å². The molecule has 2 atom stereocenters. The van der Waals surface area contributed by atoms with Crippen LogP contribution < -0.4 is 0 Å². The third kappa shape index (κ3) is 17.7. The van der Waals surface area contributed by atoms with Crippen molar-refractivity contribution in [3.63, 3.8) is 0 Å². The lowest BCUT2D eigenvalue weighted by atomic mass is 10.4. The molecule has 0 fully saturated rings. The van der Waals surface area contributed by atoms with Gasteiger partial charge in [0.05, 0.1) is 6.61 Å². The van der Waals surface area contributed by atoms with Crippen molar-refractivity contribution in [1.82, 2.24) is 0 Å². The van der Waals surface area contributed by atoms with Crippen molar-refractivity contribution >= 4 is 18.6 Å². The van der Waals surface area contributed by atoms with Crippen molar-refractivity contribution in [1.29, 1.82) is 0 Å². The van der Waals surface area contributed by atoms with E-state index >= 15 is 0 Å². The van der Waals surface area contributed by atoms with E-state index in [0.29, 0.717) is 0 Å². The van der Waals surface area contributed by atoms with Gasteiger partial charge in [-0.1, -0.05) is 0 Å². The summed E-state index contributed by atoms with van der Waals surface area (Å²) < 4.78 is 0. The van der Waals surface area contributed by atoms with Gasteiger partial charge in [-0.3, -0.25) is 4.79 Å². The number of carboxylic acids is 1. The van der Waals surface area contributed by atoms with Crippen LogP contribution >= 0.6 is 12.6 Å². The summed E-state index contributed by atoms with van der Waals surface area (Å²) in [6, 6.07) is 0. The van der Waals surface area contributed by atoms with Crippen molar-refractivity contribution in [2.45, 2.75) is 18.5 Å². The van der Waals surface area contributed by atoms with E-state index in [4.69, 9.17) is 25.2 Å². The minimum Gasteiger partial charge on any atom is -0.481 e. The molecule has 6 heteroatoms. The smallest absolute Gasteiger partial charge is 0.300 e. The summed E-state index contributed by atoms with van der Waals surface area (Å²) in [4.78, 5) is 9.00. The van der Waals surface area contributed by atoms with E-state index in [2.05, 4.69) is 12.6 Å². The van der Waals surface area contributed by atoms with Crippen LogP contribution in [0.5, 0.6) is 0 Å². The maximum atomic E-state index is 9.00. The predicted octanol–water partition coefficient (Wildman–Crippen LogP) is -1.32. The second-order valence-corrected chi connectivity index (χ2v) is 2.21. The van der Waals surface area contributed by atoms with Crippen LogP contribution in [0.2, 0.25) is 0 Å². The number of aliphatic carboxylic acids is 1. The standard InChI is InChI=1S/C3H8O3S.C2H4O2/c4-1-2(5)3(6)7;1-2(3)4/h2-7H,1H2;1H3,(H,3,4). The highest BCUT2D eigenvalue weighted by Gasteiger charge is 2.07. The average molecular weight is 184 g/mol. The molecule has 4 N–H and O–H groups in total. The highest BCUT2D eigenvalue weighted by molar-refractivity contribution is 7.80. The fourth-order valence-corrected chi connectivity index (χ4v) is 0.189. The van der Waals surface area contributed by atoms with Crippen molar-refractivity contribution < 1.29 is 25.2 Å². The molecule has 0 radical (unpaired) electrons. The summed E-state index contributed by atoms with van der Waals surface area (Å²) >= 11 is 3.42. The van der Waals surface area contributed by atoms with Gasteiger partial charge in [0.1, 0.15) is 11.5 Å². The third-order valence-electron chi connectivity index (χ3n) is 0.531. The number of thiol groups is 1. The molecule has 0 bridgehead atoms. The Labute approximate surface area is 69.7 Å². The normalized spacial score (nSPS) is 14.3. The van der Waals surface area contributed by atoms with Crippen molar-refractivity contribution in [2.24, 2.45) is 0 Å². The summed E-state index contributed by atoms with van der Waals surface area (Å²) in [5, 5.41) is 32.1. The van der Waals surface area contributed by atoms with Gasteiger partial charge < -0.3 is 20.4 Å². The van der Waals surface area contributed by atoms with E-state index in [9.17, 15) is 0 Å². The molecule has 0 rings (SSSR count). The average Bonchev–Trinajstić information content (AvgIpc) is 1.85. The van der Waals surface area contributed by atoms with E-state index in [1.165, 1.54) is 0 Å². The zero-order chi connectivity index (χ0) is 9.44. The molecule has 0 amide bonds. The Hall–Kier alpha value is -0.300. The molecule has 11 heavy (non-hydrogen) atoms. The molecule has 0 aromatic heterocycles.